The highest BCUT2D eigenvalue weighted by atomic mass is 15.2. The molecule has 0 fully saturated rings. The number of nitriles is 1. The van der Waals surface area contributed by atoms with E-state index in [0.717, 1.165) is 50.3 Å². The van der Waals surface area contributed by atoms with Crippen LogP contribution >= 0.6 is 0 Å². The maximum absolute atomic E-state index is 9.62. The van der Waals surface area contributed by atoms with Gasteiger partial charge in [0.2, 0.25) is 5.78 Å². The van der Waals surface area contributed by atoms with E-state index in [4.69, 9.17) is 4.98 Å². The van der Waals surface area contributed by atoms with Crippen LogP contribution in [0.5, 0.6) is 0 Å². The van der Waals surface area contributed by atoms with E-state index in [1.807, 2.05) is 18.2 Å². The lowest BCUT2D eigenvalue weighted by molar-refractivity contribution is 1.11. The van der Waals surface area contributed by atoms with Gasteiger partial charge in [-0.2, -0.15) is 5.26 Å². The van der Waals surface area contributed by atoms with Crippen LogP contribution in [-0.4, -0.2) is 18.5 Å². The van der Waals surface area contributed by atoms with E-state index in [1.165, 1.54) is 21.8 Å². The van der Waals surface area contributed by atoms with Crippen LogP contribution in [0.3, 0.4) is 0 Å². The summed E-state index contributed by atoms with van der Waals surface area (Å²) >= 11 is 0. The van der Waals surface area contributed by atoms with Crippen molar-refractivity contribution in [1.82, 2.24) is 18.5 Å². The van der Waals surface area contributed by atoms with Crippen molar-refractivity contribution in [3.8, 4) is 28.6 Å². The number of rotatable bonds is 3. The molecule has 3 heterocycles. The van der Waals surface area contributed by atoms with Gasteiger partial charge >= 0.3 is 0 Å². The second-order valence-corrected chi connectivity index (χ2v) is 10.8. The van der Waals surface area contributed by atoms with E-state index in [-0.39, 0.29) is 0 Å². The Hall–Kier alpha value is -6.12. The summed E-state index contributed by atoms with van der Waals surface area (Å²) in [7, 11) is 0. The molecule has 0 saturated heterocycles. The summed E-state index contributed by atoms with van der Waals surface area (Å²) in [4.78, 5) is 5.10. The molecule has 0 unspecified atom stereocenters. The fourth-order valence-corrected chi connectivity index (χ4v) is 6.68. The average molecular weight is 550 g/mol. The molecule has 9 aromatic rings. The van der Waals surface area contributed by atoms with Crippen LogP contribution in [-0.2, 0) is 0 Å². The Kier molecular flexibility index (Phi) is 4.90. The van der Waals surface area contributed by atoms with Crippen LogP contribution in [0.1, 0.15) is 5.56 Å². The maximum Gasteiger partial charge on any atom is 0.220 e. The molecule has 0 saturated carbocycles. The zero-order valence-electron chi connectivity index (χ0n) is 23.0. The van der Waals surface area contributed by atoms with Crippen LogP contribution in [0.4, 0.5) is 0 Å². The predicted octanol–water partition coefficient (Wildman–Crippen LogP) is 9.07. The number of hydrogen-bond acceptors (Lipinski definition) is 2. The molecule has 0 amide bonds. The quantitative estimate of drug-likeness (QED) is 0.221. The lowest BCUT2D eigenvalue weighted by Crippen LogP contribution is -2.01. The maximum atomic E-state index is 9.62. The van der Waals surface area contributed by atoms with Crippen molar-refractivity contribution in [2.45, 2.75) is 0 Å². The summed E-state index contributed by atoms with van der Waals surface area (Å²) in [6.07, 6.45) is 0. The Balaban J connectivity index is 1.37. The molecule has 0 spiro atoms. The Bertz CT molecular complexity index is 2530. The summed E-state index contributed by atoms with van der Waals surface area (Å²) in [6.45, 7) is 0. The van der Waals surface area contributed by atoms with Gasteiger partial charge in [0, 0.05) is 21.9 Å². The second-order valence-electron chi connectivity index (χ2n) is 10.8. The van der Waals surface area contributed by atoms with E-state index < -0.39 is 0 Å². The Morgan fingerprint density at radius 2 is 1.02 bits per heavy atom. The molecular formula is C38H23N5. The molecule has 0 aliphatic carbocycles. The van der Waals surface area contributed by atoms with Crippen molar-refractivity contribution in [3.05, 3.63) is 145 Å². The summed E-state index contributed by atoms with van der Waals surface area (Å²) in [5, 5.41) is 12.1. The number of benzene rings is 6. The van der Waals surface area contributed by atoms with Gasteiger partial charge in [0.1, 0.15) is 0 Å². The summed E-state index contributed by atoms with van der Waals surface area (Å²) in [5.41, 5.74) is 11.2. The summed E-state index contributed by atoms with van der Waals surface area (Å²) in [6, 6.07) is 50.8. The SMILES string of the molecule is N#Cc1ccc2nc3n(-c4ccccc4-c4ccccc4-n4c5ccccc5c5ccccc54)c4ccccc4n3c2c1. The average Bonchev–Trinajstić information content (AvgIpc) is 3.71. The standard InChI is InChI=1S/C38H23N5/c39-24-25-21-22-30-37(23-25)43-36-20-10-9-19-35(36)42(38(43)40-30)34-18-8-4-14-29(34)28-13-3-7-17-33(28)41-31-15-5-1-11-26(31)27-12-2-6-16-32(27)41/h1-23H. The van der Waals surface area contributed by atoms with Gasteiger partial charge in [-0.25, -0.2) is 4.98 Å². The highest BCUT2D eigenvalue weighted by Crippen LogP contribution is 2.39. The van der Waals surface area contributed by atoms with E-state index in [2.05, 4.69) is 141 Å². The third-order valence-corrected chi connectivity index (χ3v) is 8.49. The molecule has 0 aliphatic heterocycles. The molecule has 9 rings (SSSR count). The van der Waals surface area contributed by atoms with Gasteiger partial charge < -0.3 is 4.57 Å². The molecule has 6 aromatic carbocycles. The first-order chi connectivity index (χ1) is 21.3. The zero-order chi connectivity index (χ0) is 28.5. The Morgan fingerprint density at radius 1 is 0.488 bits per heavy atom. The van der Waals surface area contributed by atoms with Crippen molar-refractivity contribution < 1.29 is 0 Å². The lowest BCUT2D eigenvalue weighted by Gasteiger charge is -2.17. The normalized spacial score (nSPS) is 11.7. The fourth-order valence-electron chi connectivity index (χ4n) is 6.68. The summed E-state index contributed by atoms with van der Waals surface area (Å²) < 4.78 is 6.80. The molecule has 0 radical (unpaired) electrons. The number of fused-ring (bicyclic) bond motifs is 8. The smallest absolute Gasteiger partial charge is 0.220 e. The van der Waals surface area contributed by atoms with E-state index >= 15 is 0 Å². The van der Waals surface area contributed by atoms with Crippen LogP contribution < -0.4 is 0 Å². The minimum atomic E-state index is 0.617. The molecule has 5 heteroatoms. The number of hydrogen-bond donors (Lipinski definition) is 0. The van der Waals surface area contributed by atoms with Crippen molar-refractivity contribution in [1.29, 1.82) is 5.26 Å². The number of imidazole rings is 2. The van der Waals surface area contributed by atoms with Gasteiger partial charge in [-0.3, -0.25) is 8.97 Å². The van der Waals surface area contributed by atoms with Crippen molar-refractivity contribution in [3.63, 3.8) is 0 Å². The van der Waals surface area contributed by atoms with E-state index in [0.29, 0.717) is 5.56 Å². The second kappa shape index (κ2) is 8.94. The van der Waals surface area contributed by atoms with Gasteiger partial charge in [0.05, 0.1) is 56.1 Å². The topological polar surface area (TPSA) is 51.0 Å². The molecule has 43 heavy (non-hydrogen) atoms. The molecule has 0 aliphatic rings. The Labute approximate surface area is 246 Å². The van der Waals surface area contributed by atoms with Crippen LogP contribution in [0.25, 0.3) is 72.2 Å². The van der Waals surface area contributed by atoms with Crippen LogP contribution in [0.15, 0.2) is 140 Å². The third kappa shape index (κ3) is 3.29. The minimum absolute atomic E-state index is 0.617. The van der Waals surface area contributed by atoms with Crippen LogP contribution in [0.2, 0.25) is 0 Å². The zero-order valence-corrected chi connectivity index (χ0v) is 23.0. The highest BCUT2D eigenvalue weighted by molar-refractivity contribution is 6.10. The monoisotopic (exact) mass is 549 g/mol. The first-order valence-electron chi connectivity index (χ1n) is 14.3. The third-order valence-electron chi connectivity index (χ3n) is 8.49. The molecule has 3 aromatic heterocycles. The number of para-hydroxylation sites is 6. The highest BCUT2D eigenvalue weighted by Gasteiger charge is 2.21. The van der Waals surface area contributed by atoms with Gasteiger partial charge in [0.25, 0.3) is 0 Å². The van der Waals surface area contributed by atoms with Gasteiger partial charge in [-0.05, 0) is 54.6 Å². The van der Waals surface area contributed by atoms with Crippen LogP contribution in [0, 0.1) is 11.3 Å². The van der Waals surface area contributed by atoms with E-state index in [1.54, 1.807) is 0 Å². The van der Waals surface area contributed by atoms with Gasteiger partial charge in [-0.15, -0.1) is 0 Å². The molecule has 0 bridgehead atoms. The molecule has 200 valence electrons. The molecule has 0 N–H and O–H groups in total. The predicted molar refractivity (Wildman–Crippen MR) is 174 cm³/mol. The first-order valence-corrected chi connectivity index (χ1v) is 14.3. The fraction of sp³-hybridized carbons (Fsp3) is 0. The van der Waals surface area contributed by atoms with Gasteiger partial charge in [0.15, 0.2) is 0 Å². The minimum Gasteiger partial charge on any atom is -0.309 e. The number of nitrogens with zero attached hydrogens (tertiary/aromatic N) is 5. The molecule has 0 atom stereocenters. The van der Waals surface area contributed by atoms with Crippen molar-refractivity contribution in [2.24, 2.45) is 0 Å². The number of aromatic nitrogens is 4. The first kappa shape index (κ1) is 23.6. The van der Waals surface area contributed by atoms with E-state index in [9.17, 15) is 5.26 Å². The lowest BCUT2D eigenvalue weighted by atomic mass is 10.0. The Morgan fingerprint density at radius 3 is 1.67 bits per heavy atom. The molecular weight excluding hydrogens is 526 g/mol. The molecule has 5 nitrogen and oxygen atoms in total. The summed E-state index contributed by atoms with van der Waals surface area (Å²) in [5.74, 6) is 0.813. The van der Waals surface area contributed by atoms with Crippen molar-refractivity contribution >= 4 is 49.7 Å². The van der Waals surface area contributed by atoms with Crippen molar-refractivity contribution in [2.75, 3.05) is 0 Å². The van der Waals surface area contributed by atoms with Gasteiger partial charge in [-0.1, -0.05) is 84.9 Å². The largest absolute Gasteiger partial charge is 0.309 e.